The Morgan fingerprint density at radius 3 is 2.30 bits per heavy atom. The van der Waals surface area contributed by atoms with Crippen molar-refractivity contribution < 1.29 is 19.1 Å². The summed E-state index contributed by atoms with van der Waals surface area (Å²) < 4.78 is 10.4. The van der Waals surface area contributed by atoms with E-state index in [-0.39, 0.29) is 12.1 Å². The lowest BCUT2D eigenvalue weighted by atomic mass is 9.60. The first kappa shape index (κ1) is 15.1. The predicted octanol–water partition coefficient (Wildman–Crippen LogP) is 2.44. The highest BCUT2D eigenvalue weighted by atomic mass is 16.6. The van der Waals surface area contributed by atoms with Crippen molar-refractivity contribution >= 4 is 12.1 Å². The molecule has 1 aliphatic carbocycles. The summed E-state index contributed by atoms with van der Waals surface area (Å²) in [4.78, 5) is 25.4. The number of ether oxygens (including phenoxy) is 2. The molecule has 5 heteroatoms. The summed E-state index contributed by atoms with van der Waals surface area (Å²) in [5.41, 5.74) is -0.455. The number of carbonyl (C=O) groups is 2. The first-order valence-corrected chi connectivity index (χ1v) is 7.43. The van der Waals surface area contributed by atoms with Gasteiger partial charge in [-0.25, -0.2) is 4.79 Å². The summed E-state index contributed by atoms with van der Waals surface area (Å²) in [5.74, 6) is 1.11. The van der Waals surface area contributed by atoms with Crippen molar-refractivity contribution in [2.75, 3.05) is 19.7 Å². The first-order chi connectivity index (χ1) is 9.30. The maximum atomic E-state index is 12.0. The van der Waals surface area contributed by atoms with E-state index in [1.54, 1.807) is 4.90 Å². The predicted molar refractivity (Wildman–Crippen MR) is 74.1 cm³/mol. The zero-order chi connectivity index (χ0) is 14.9. The van der Waals surface area contributed by atoms with E-state index in [0.29, 0.717) is 43.9 Å². The SMILES string of the molecule is CCOC(=O)CC1C2CC1CN(C(=O)OC(C)(C)C)C2. The Balaban J connectivity index is 1.83. The number of fused-ring (bicyclic) bond motifs is 2. The molecule has 0 aromatic carbocycles. The van der Waals surface area contributed by atoms with Crippen LogP contribution in [-0.4, -0.2) is 42.3 Å². The molecule has 0 aromatic rings. The van der Waals surface area contributed by atoms with Crippen molar-refractivity contribution in [3.63, 3.8) is 0 Å². The van der Waals surface area contributed by atoms with Crippen LogP contribution in [0.5, 0.6) is 0 Å². The van der Waals surface area contributed by atoms with Gasteiger partial charge in [0.1, 0.15) is 5.60 Å². The molecule has 2 heterocycles. The molecule has 0 spiro atoms. The maximum absolute atomic E-state index is 12.0. The highest BCUT2D eigenvalue weighted by molar-refractivity contribution is 5.70. The number of esters is 1. The Kier molecular flexibility index (Phi) is 4.25. The summed E-state index contributed by atoms with van der Waals surface area (Å²) in [7, 11) is 0. The lowest BCUT2D eigenvalue weighted by Crippen LogP contribution is -2.57. The van der Waals surface area contributed by atoms with Gasteiger partial charge in [-0.1, -0.05) is 0 Å². The lowest BCUT2D eigenvalue weighted by molar-refractivity contribution is -0.149. The van der Waals surface area contributed by atoms with Crippen molar-refractivity contribution in [2.45, 2.75) is 46.1 Å². The number of nitrogens with zero attached hydrogens (tertiary/aromatic N) is 1. The third-order valence-corrected chi connectivity index (χ3v) is 4.09. The van der Waals surface area contributed by atoms with E-state index < -0.39 is 5.60 Å². The average Bonchev–Trinajstić information content (AvgIpc) is 2.34. The highest BCUT2D eigenvalue weighted by Crippen LogP contribution is 2.47. The van der Waals surface area contributed by atoms with E-state index in [1.807, 2.05) is 27.7 Å². The Morgan fingerprint density at radius 2 is 1.80 bits per heavy atom. The molecule has 1 saturated carbocycles. The van der Waals surface area contributed by atoms with Crippen LogP contribution in [0.15, 0.2) is 0 Å². The molecule has 2 saturated heterocycles. The van der Waals surface area contributed by atoms with Gasteiger partial charge in [-0.15, -0.1) is 0 Å². The molecule has 3 fully saturated rings. The fourth-order valence-corrected chi connectivity index (χ4v) is 3.21. The van der Waals surface area contributed by atoms with Crippen LogP contribution in [0.3, 0.4) is 0 Å². The first-order valence-electron chi connectivity index (χ1n) is 7.43. The van der Waals surface area contributed by atoms with Crippen LogP contribution in [-0.2, 0) is 14.3 Å². The van der Waals surface area contributed by atoms with Gasteiger partial charge in [0, 0.05) is 19.5 Å². The Morgan fingerprint density at radius 1 is 1.20 bits per heavy atom. The summed E-state index contributed by atoms with van der Waals surface area (Å²) in [5, 5.41) is 0. The fourth-order valence-electron chi connectivity index (χ4n) is 3.21. The van der Waals surface area contributed by atoms with Crippen LogP contribution in [0.25, 0.3) is 0 Å². The van der Waals surface area contributed by atoms with Gasteiger partial charge >= 0.3 is 12.1 Å². The van der Waals surface area contributed by atoms with Crippen molar-refractivity contribution in [2.24, 2.45) is 17.8 Å². The highest BCUT2D eigenvalue weighted by Gasteiger charge is 2.49. The smallest absolute Gasteiger partial charge is 0.410 e. The average molecular weight is 283 g/mol. The van der Waals surface area contributed by atoms with Gasteiger partial charge < -0.3 is 14.4 Å². The largest absolute Gasteiger partial charge is 0.466 e. The van der Waals surface area contributed by atoms with E-state index in [9.17, 15) is 9.59 Å². The normalized spacial score (nSPS) is 28.6. The molecule has 0 radical (unpaired) electrons. The number of carbonyl (C=O) groups excluding carboxylic acids is 2. The van der Waals surface area contributed by atoms with Gasteiger partial charge in [0.2, 0.25) is 0 Å². The molecule has 0 aromatic heterocycles. The number of hydrogen-bond donors (Lipinski definition) is 0. The molecule has 3 rings (SSSR count). The second-order valence-electron chi connectivity index (χ2n) is 6.81. The molecule has 2 atom stereocenters. The molecular weight excluding hydrogens is 258 g/mol. The molecule has 1 amide bonds. The Labute approximate surface area is 120 Å². The van der Waals surface area contributed by atoms with Crippen molar-refractivity contribution in [1.82, 2.24) is 4.90 Å². The van der Waals surface area contributed by atoms with E-state index in [0.717, 1.165) is 6.42 Å². The zero-order valence-electron chi connectivity index (χ0n) is 12.8. The summed E-state index contributed by atoms with van der Waals surface area (Å²) in [6.07, 6.45) is 1.37. The third-order valence-electron chi connectivity index (χ3n) is 4.09. The van der Waals surface area contributed by atoms with E-state index in [4.69, 9.17) is 9.47 Å². The minimum absolute atomic E-state index is 0.113. The van der Waals surface area contributed by atoms with Gasteiger partial charge in [0.25, 0.3) is 0 Å². The quantitative estimate of drug-likeness (QED) is 0.747. The molecule has 2 bridgehead atoms. The third kappa shape index (κ3) is 3.44. The van der Waals surface area contributed by atoms with Crippen molar-refractivity contribution in [1.29, 1.82) is 0 Å². The van der Waals surface area contributed by atoms with Crippen LogP contribution < -0.4 is 0 Å². The van der Waals surface area contributed by atoms with Gasteiger partial charge in [-0.3, -0.25) is 4.79 Å². The summed E-state index contributed by atoms with van der Waals surface area (Å²) in [6.45, 7) is 9.29. The second kappa shape index (κ2) is 5.62. The molecule has 2 unspecified atom stereocenters. The van der Waals surface area contributed by atoms with Crippen molar-refractivity contribution in [3.05, 3.63) is 0 Å². The fraction of sp³-hybridized carbons (Fsp3) is 0.867. The lowest BCUT2D eigenvalue weighted by Gasteiger charge is -2.53. The van der Waals surface area contributed by atoms with Crippen LogP contribution in [0.4, 0.5) is 4.79 Å². The minimum atomic E-state index is -0.455. The molecule has 114 valence electrons. The van der Waals surface area contributed by atoms with Crippen molar-refractivity contribution in [3.8, 4) is 0 Å². The van der Waals surface area contributed by atoms with E-state index in [2.05, 4.69) is 0 Å². The van der Waals surface area contributed by atoms with Gasteiger partial charge in [-0.05, 0) is 51.9 Å². The maximum Gasteiger partial charge on any atom is 0.410 e. The zero-order valence-corrected chi connectivity index (χ0v) is 12.8. The van der Waals surface area contributed by atoms with E-state index in [1.165, 1.54) is 0 Å². The Bertz CT molecular complexity index is 376. The topological polar surface area (TPSA) is 55.8 Å². The molecule has 0 N–H and O–H groups in total. The van der Waals surface area contributed by atoms with Crippen LogP contribution in [0.1, 0.15) is 40.5 Å². The standard InChI is InChI=1S/C15H25NO4/c1-5-19-13(17)7-12-10-6-11(12)9-16(8-10)14(18)20-15(2,3)4/h10-12H,5-9H2,1-4H3. The summed E-state index contributed by atoms with van der Waals surface area (Å²) in [6, 6.07) is 0. The monoisotopic (exact) mass is 283 g/mol. The number of amides is 1. The van der Waals surface area contributed by atoms with Gasteiger partial charge in [0.15, 0.2) is 0 Å². The van der Waals surface area contributed by atoms with Crippen LogP contribution in [0, 0.1) is 17.8 Å². The van der Waals surface area contributed by atoms with Crippen LogP contribution in [0.2, 0.25) is 0 Å². The number of rotatable bonds is 3. The Hall–Kier alpha value is -1.26. The number of piperidine rings is 2. The van der Waals surface area contributed by atoms with Crippen LogP contribution >= 0.6 is 0 Å². The molecular formula is C15H25NO4. The molecule has 3 aliphatic rings. The van der Waals surface area contributed by atoms with E-state index >= 15 is 0 Å². The number of hydrogen-bond acceptors (Lipinski definition) is 4. The molecule has 20 heavy (non-hydrogen) atoms. The summed E-state index contributed by atoms with van der Waals surface area (Å²) >= 11 is 0. The molecule has 2 aliphatic heterocycles. The second-order valence-corrected chi connectivity index (χ2v) is 6.81. The van der Waals surface area contributed by atoms with Gasteiger partial charge in [0.05, 0.1) is 6.61 Å². The molecule has 5 nitrogen and oxygen atoms in total. The minimum Gasteiger partial charge on any atom is -0.466 e. The van der Waals surface area contributed by atoms with Gasteiger partial charge in [-0.2, -0.15) is 0 Å².